The molecule has 1 aromatic carbocycles. The van der Waals surface area contributed by atoms with E-state index in [9.17, 15) is 10.1 Å². The molecule has 1 N–H and O–H groups in total. The third-order valence-electron chi connectivity index (χ3n) is 2.38. The molecule has 1 rings (SSSR count). The summed E-state index contributed by atoms with van der Waals surface area (Å²) in [5.41, 5.74) is 0.573. The Kier molecular flexibility index (Phi) is 3.62. The number of rotatable bonds is 4. The lowest BCUT2D eigenvalue weighted by Gasteiger charge is -2.24. The summed E-state index contributed by atoms with van der Waals surface area (Å²) in [5, 5.41) is 19.7. The van der Waals surface area contributed by atoms with Crippen LogP contribution >= 0.6 is 0 Å². The normalized spacial score (nSPS) is 12.2. The topological polar surface area (TPSA) is 66.6 Å². The van der Waals surface area contributed by atoms with Gasteiger partial charge in [-0.1, -0.05) is 12.1 Å². The average Bonchev–Trinajstić information content (AvgIpc) is 2.27. The van der Waals surface area contributed by atoms with Crippen molar-refractivity contribution < 1.29 is 10.0 Å². The number of likely N-dealkylation sites (N-methyl/N-ethyl adjacent to an activating group) is 1. The van der Waals surface area contributed by atoms with Gasteiger partial charge in [0.05, 0.1) is 11.5 Å². The van der Waals surface area contributed by atoms with Crippen molar-refractivity contribution in [3.05, 3.63) is 34.4 Å². The highest BCUT2D eigenvalue weighted by atomic mass is 16.6. The predicted molar refractivity (Wildman–Crippen MR) is 58.0 cm³/mol. The van der Waals surface area contributed by atoms with Crippen molar-refractivity contribution >= 4 is 11.4 Å². The molecule has 1 aromatic rings. The van der Waals surface area contributed by atoms with Gasteiger partial charge >= 0.3 is 0 Å². The van der Waals surface area contributed by atoms with Crippen LogP contribution in [0.2, 0.25) is 0 Å². The van der Waals surface area contributed by atoms with Crippen LogP contribution in [0.5, 0.6) is 0 Å². The van der Waals surface area contributed by atoms with Crippen molar-refractivity contribution in [2.75, 3.05) is 18.6 Å². The molecule has 0 saturated heterocycles. The number of nitrogens with zero attached hydrogens (tertiary/aromatic N) is 2. The van der Waals surface area contributed by atoms with E-state index in [2.05, 4.69) is 0 Å². The van der Waals surface area contributed by atoms with E-state index in [4.69, 9.17) is 5.11 Å². The SMILES string of the molecule is CC(CO)N(C)c1ccccc1[N+](=O)[O-]. The summed E-state index contributed by atoms with van der Waals surface area (Å²) >= 11 is 0. The van der Waals surface area contributed by atoms with E-state index < -0.39 is 4.92 Å². The molecule has 15 heavy (non-hydrogen) atoms. The van der Waals surface area contributed by atoms with E-state index >= 15 is 0 Å². The van der Waals surface area contributed by atoms with E-state index in [-0.39, 0.29) is 18.3 Å². The molecule has 0 amide bonds. The second-order valence-electron chi connectivity index (χ2n) is 3.39. The van der Waals surface area contributed by atoms with Crippen LogP contribution in [-0.4, -0.2) is 29.7 Å². The van der Waals surface area contributed by atoms with Crippen LogP contribution in [0.4, 0.5) is 11.4 Å². The van der Waals surface area contributed by atoms with Gasteiger partial charge in [0.1, 0.15) is 5.69 Å². The fourth-order valence-electron chi connectivity index (χ4n) is 1.28. The molecule has 0 aliphatic carbocycles. The lowest BCUT2D eigenvalue weighted by Crippen LogP contribution is -2.32. The lowest BCUT2D eigenvalue weighted by molar-refractivity contribution is -0.384. The summed E-state index contributed by atoms with van der Waals surface area (Å²) in [6.07, 6.45) is 0. The molecule has 0 saturated carbocycles. The first-order valence-corrected chi connectivity index (χ1v) is 4.65. The summed E-state index contributed by atoms with van der Waals surface area (Å²) in [7, 11) is 1.73. The van der Waals surface area contributed by atoms with Crippen molar-refractivity contribution in [1.29, 1.82) is 0 Å². The number of para-hydroxylation sites is 2. The Balaban J connectivity index is 3.07. The fourth-order valence-corrected chi connectivity index (χ4v) is 1.28. The van der Waals surface area contributed by atoms with Crippen LogP contribution in [0.3, 0.4) is 0 Å². The summed E-state index contributed by atoms with van der Waals surface area (Å²) in [6.45, 7) is 1.76. The Morgan fingerprint density at radius 1 is 1.53 bits per heavy atom. The van der Waals surface area contributed by atoms with Gasteiger partial charge in [-0.2, -0.15) is 0 Å². The first-order chi connectivity index (χ1) is 7.07. The third kappa shape index (κ3) is 2.44. The van der Waals surface area contributed by atoms with Crippen LogP contribution < -0.4 is 4.90 Å². The Bertz CT molecular complexity index is 354. The Labute approximate surface area is 88.1 Å². The number of anilines is 1. The van der Waals surface area contributed by atoms with Gasteiger partial charge in [0.2, 0.25) is 0 Å². The number of hydrogen-bond acceptors (Lipinski definition) is 4. The quantitative estimate of drug-likeness (QED) is 0.602. The second kappa shape index (κ2) is 4.75. The zero-order valence-corrected chi connectivity index (χ0v) is 8.75. The van der Waals surface area contributed by atoms with Crippen molar-refractivity contribution in [2.24, 2.45) is 0 Å². The summed E-state index contributed by atoms with van der Waals surface area (Å²) in [4.78, 5) is 12.0. The first kappa shape index (κ1) is 11.5. The smallest absolute Gasteiger partial charge is 0.292 e. The van der Waals surface area contributed by atoms with Gasteiger partial charge in [-0.15, -0.1) is 0 Å². The summed E-state index contributed by atoms with van der Waals surface area (Å²) < 4.78 is 0. The molecule has 0 aliphatic rings. The molecule has 1 atom stereocenters. The number of hydrogen-bond donors (Lipinski definition) is 1. The Morgan fingerprint density at radius 2 is 2.13 bits per heavy atom. The van der Waals surface area contributed by atoms with Crippen molar-refractivity contribution in [3.63, 3.8) is 0 Å². The van der Waals surface area contributed by atoms with E-state index in [0.717, 1.165) is 0 Å². The van der Waals surface area contributed by atoms with Crippen LogP contribution in [-0.2, 0) is 0 Å². The third-order valence-corrected chi connectivity index (χ3v) is 2.38. The number of benzene rings is 1. The molecule has 82 valence electrons. The maximum atomic E-state index is 10.8. The van der Waals surface area contributed by atoms with E-state index in [0.29, 0.717) is 5.69 Å². The molecule has 0 aliphatic heterocycles. The molecule has 0 fully saturated rings. The molecule has 1 unspecified atom stereocenters. The second-order valence-corrected chi connectivity index (χ2v) is 3.39. The van der Waals surface area contributed by atoms with E-state index in [1.165, 1.54) is 6.07 Å². The zero-order chi connectivity index (χ0) is 11.4. The van der Waals surface area contributed by atoms with Crippen molar-refractivity contribution in [3.8, 4) is 0 Å². The largest absolute Gasteiger partial charge is 0.394 e. The Morgan fingerprint density at radius 3 is 2.67 bits per heavy atom. The van der Waals surface area contributed by atoms with Gasteiger partial charge in [-0.05, 0) is 13.0 Å². The molecule has 0 radical (unpaired) electrons. The minimum absolute atomic E-state index is 0.0391. The monoisotopic (exact) mass is 210 g/mol. The van der Waals surface area contributed by atoms with Gasteiger partial charge in [0.25, 0.3) is 5.69 Å². The molecular weight excluding hydrogens is 196 g/mol. The average molecular weight is 210 g/mol. The zero-order valence-electron chi connectivity index (χ0n) is 8.75. The van der Waals surface area contributed by atoms with E-state index in [1.807, 2.05) is 0 Å². The maximum absolute atomic E-state index is 10.8. The van der Waals surface area contributed by atoms with Crippen LogP contribution in [0.25, 0.3) is 0 Å². The van der Waals surface area contributed by atoms with Crippen molar-refractivity contribution in [2.45, 2.75) is 13.0 Å². The van der Waals surface area contributed by atoms with Crippen molar-refractivity contribution in [1.82, 2.24) is 0 Å². The highest BCUT2D eigenvalue weighted by Gasteiger charge is 2.18. The minimum Gasteiger partial charge on any atom is -0.394 e. The van der Waals surface area contributed by atoms with Gasteiger partial charge in [0, 0.05) is 19.2 Å². The molecule has 5 heteroatoms. The van der Waals surface area contributed by atoms with Gasteiger partial charge in [0.15, 0.2) is 0 Å². The molecule has 0 spiro atoms. The number of nitro groups is 1. The molecule has 0 aromatic heterocycles. The van der Waals surface area contributed by atoms with Crippen LogP contribution in [0.1, 0.15) is 6.92 Å². The lowest BCUT2D eigenvalue weighted by atomic mass is 10.2. The van der Waals surface area contributed by atoms with Gasteiger partial charge in [-0.3, -0.25) is 10.1 Å². The highest BCUT2D eigenvalue weighted by molar-refractivity contribution is 5.63. The standard InChI is InChI=1S/C10H14N2O3/c1-8(7-13)11(2)9-5-3-4-6-10(9)12(14)15/h3-6,8,13H,7H2,1-2H3. The highest BCUT2D eigenvalue weighted by Crippen LogP contribution is 2.27. The fraction of sp³-hybridized carbons (Fsp3) is 0.400. The summed E-state index contributed by atoms with van der Waals surface area (Å²) in [5.74, 6) is 0. The van der Waals surface area contributed by atoms with Crippen LogP contribution in [0, 0.1) is 10.1 Å². The minimum atomic E-state index is -0.421. The number of aliphatic hydroxyl groups excluding tert-OH is 1. The van der Waals surface area contributed by atoms with Gasteiger partial charge < -0.3 is 10.0 Å². The maximum Gasteiger partial charge on any atom is 0.292 e. The van der Waals surface area contributed by atoms with Crippen LogP contribution in [0.15, 0.2) is 24.3 Å². The Hall–Kier alpha value is -1.62. The molecular formula is C10H14N2O3. The number of aliphatic hydroxyl groups is 1. The van der Waals surface area contributed by atoms with E-state index in [1.54, 1.807) is 37.1 Å². The first-order valence-electron chi connectivity index (χ1n) is 4.65. The van der Waals surface area contributed by atoms with Gasteiger partial charge in [-0.25, -0.2) is 0 Å². The predicted octanol–water partition coefficient (Wildman–Crippen LogP) is 1.41. The number of nitro benzene ring substituents is 1. The summed E-state index contributed by atoms with van der Waals surface area (Å²) in [6, 6.07) is 6.34. The molecule has 0 heterocycles. The molecule has 0 bridgehead atoms. The molecule has 5 nitrogen and oxygen atoms in total.